The lowest BCUT2D eigenvalue weighted by molar-refractivity contribution is -0.106. The molecule has 4 heteroatoms. The topological polar surface area (TPSA) is 36.9 Å². The second kappa shape index (κ2) is 8.26. The van der Waals surface area contributed by atoms with E-state index in [2.05, 4.69) is 43.2 Å². The number of benzene rings is 2. The van der Waals surface area contributed by atoms with E-state index in [1.165, 1.54) is 5.56 Å². The fourth-order valence-corrected chi connectivity index (χ4v) is 3.90. The first kappa shape index (κ1) is 18.9. The lowest BCUT2D eigenvalue weighted by Gasteiger charge is -2.37. The largest absolute Gasteiger partial charge is 0.447 e. The molecule has 28 heavy (non-hydrogen) atoms. The number of rotatable bonds is 6. The van der Waals surface area contributed by atoms with Gasteiger partial charge < -0.3 is 18.9 Å². The van der Waals surface area contributed by atoms with Crippen molar-refractivity contribution in [3.63, 3.8) is 0 Å². The van der Waals surface area contributed by atoms with Crippen LogP contribution in [0.4, 0.5) is 0 Å². The second-order valence-corrected chi connectivity index (χ2v) is 7.32. The van der Waals surface area contributed by atoms with Gasteiger partial charge in [0.1, 0.15) is 6.61 Å². The van der Waals surface area contributed by atoms with Gasteiger partial charge in [0.25, 0.3) is 6.29 Å². The molecule has 0 saturated carbocycles. The smallest absolute Gasteiger partial charge is 0.267 e. The van der Waals surface area contributed by atoms with E-state index in [4.69, 9.17) is 25.4 Å². The molecule has 2 aromatic rings. The molecule has 0 N–H and O–H groups in total. The van der Waals surface area contributed by atoms with Crippen LogP contribution in [0.25, 0.3) is 0 Å². The van der Waals surface area contributed by atoms with Crippen molar-refractivity contribution in [1.82, 2.24) is 0 Å². The molecule has 1 saturated heterocycles. The van der Waals surface area contributed by atoms with E-state index in [1.54, 1.807) is 0 Å². The first-order valence-electron chi connectivity index (χ1n) is 9.96. The van der Waals surface area contributed by atoms with Gasteiger partial charge in [-0.2, -0.15) is 0 Å². The molecule has 0 amide bonds. The highest BCUT2D eigenvalue weighted by Gasteiger charge is 2.37. The molecule has 0 bridgehead atoms. The SMILES string of the molecule is C#CCOC1(c2ccc3c(c2)OC(c2ccc(CCC)cc2)O3)CCOCC1. The third kappa shape index (κ3) is 3.73. The van der Waals surface area contributed by atoms with Crippen LogP contribution in [0.15, 0.2) is 42.5 Å². The van der Waals surface area contributed by atoms with Crippen molar-refractivity contribution in [2.45, 2.75) is 44.5 Å². The minimum absolute atomic E-state index is 0.279. The minimum Gasteiger partial charge on any atom is -0.447 e. The van der Waals surface area contributed by atoms with Crippen molar-refractivity contribution < 1.29 is 18.9 Å². The maximum Gasteiger partial charge on any atom is 0.267 e. The Morgan fingerprint density at radius 1 is 1.07 bits per heavy atom. The Kier molecular flexibility index (Phi) is 5.57. The average Bonchev–Trinajstić information content (AvgIpc) is 3.17. The zero-order chi connectivity index (χ0) is 19.4. The number of hydrogen-bond donors (Lipinski definition) is 0. The Labute approximate surface area is 166 Å². The van der Waals surface area contributed by atoms with Crippen molar-refractivity contribution >= 4 is 0 Å². The van der Waals surface area contributed by atoms with Gasteiger partial charge in [-0.1, -0.05) is 49.6 Å². The van der Waals surface area contributed by atoms with Crippen LogP contribution in [0.2, 0.25) is 0 Å². The summed E-state index contributed by atoms with van der Waals surface area (Å²) in [5.41, 5.74) is 2.98. The van der Waals surface area contributed by atoms with Crippen LogP contribution in [-0.2, 0) is 21.5 Å². The predicted octanol–water partition coefficient (Wildman–Crippen LogP) is 4.76. The summed E-state index contributed by atoms with van der Waals surface area (Å²) in [7, 11) is 0. The minimum atomic E-state index is -0.428. The van der Waals surface area contributed by atoms with Crippen LogP contribution in [-0.4, -0.2) is 19.8 Å². The molecule has 0 spiro atoms. The number of ether oxygens (including phenoxy) is 4. The van der Waals surface area contributed by atoms with E-state index in [0.29, 0.717) is 13.2 Å². The van der Waals surface area contributed by atoms with Crippen LogP contribution >= 0.6 is 0 Å². The summed E-state index contributed by atoms with van der Waals surface area (Å²) in [4.78, 5) is 0. The number of hydrogen-bond acceptors (Lipinski definition) is 4. The van der Waals surface area contributed by atoms with Gasteiger partial charge in [-0.15, -0.1) is 6.42 Å². The van der Waals surface area contributed by atoms with E-state index in [0.717, 1.165) is 48.3 Å². The molecule has 1 unspecified atom stereocenters. The number of terminal acetylenes is 1. The number of fused-ring (bicyclic) bond motifs is 1. The van der Waals surface area contributed by atoms with E-state index in [-0.39, 0.29) is 6.61 Å². The maximum absolute atomic E-state index is 6.12. The third-order valence-electron chi connectivity index (χ3n) is 5.46. The third-order valence-corrected chi connectivity index (χ3v) is 5.46. The lowest BCUT2D eigenvalue weighted by atomic mass is 9.86. The Hall–Kier alpha value is -2.48. The molecule has 4 nitrogen and oxygen atoms in total. The highest BCUT2D eigenvalue weighted by atomic mass is 16.7. The second-order valence-electron chi connectivity index (χ2n) is 7.32. The zero-order valence-corrected chi connectivity index (χ0v) is 16.3. The van der Waals surface area contributed by atoms with Crippen molar-refractivity contribution in [2.24, 2.45) is 0 Å². The molecular formula is C24H26O4. The lowest BCUT2D eigenvalue weighted by Crippen LogP contribution is -2.36. The molecule has 0 radical (unpaired) electrons. The van der Waals surface area contributed by atoms with Crippen molar-refractivity contribution in [2.75, 3.05) is 19.8 Å². The Bertz CT molecular complexity index is 844. The van der Waals surface area contributed by atoms with Crippen LogP contribution in [0, 0.1) is 12.3 Å². The van der Waals surface area contributed by atoms with E-state index < -0.39 is 11.9 Å². The molecule has 0 aromatic heterocycles. The zero-order valence-electron chi connectivity index (χ0n) is 16.3. The van der Waals surface area contributed by atoms with Crippen LogP contribution in [0.3, 0.4) is 0 Å². The number of aryl methyl sites for hydroxylation is 1. The van der Waals surface area contributed by atoms with Crippen molar-refractivity contribution in [3.05, 3.63) is 59.2 Å². The van der Waals surface area contributed by atoms with Gasteiger partial charge in [-0.25, -0.2) is 0 Å². The van der Waals surface area contributed by atoms with E-state index >= 15 is 0 Å². The molecule has 146 valence electrons. The standard InChI is InChI=1S/C24H26O4/c1-3-5-18-6-8-19(9-7-18)23-27-21-11-10-20(17-22(21)28-23)24(26-14-4-2)12-15-25-16-13-24/h2,6-11,17,23H,3,5,12-16H2,1H3. The summed E-state index contributed by atoms with van der Waals surface area (Å²) >= 11 is 0. The van der Waals surface area contributed by atoms with Crippen LogP contribution in [0.1, 0.15) is 49.2 Å². The maximum atomic E-state index is 6.12. The van der Waals surface area contributed by atoms with Crippen LogP contribution in [0.5, 0.6) is 11.5 Å². The average molecular weight is 378 g/mol. The molecule has 1 atom stereocenters. The van der Waals surface area contributed by atoms with Gasteiger partial charge in [-0.3, -0.25) is 0 Å². The monoisotopic (exact) mass is 378 g/mol. The van der Waals surface area contributed by atoms with Gasteiger partial charge in [0.2, 0.25) is 0 Å². The first-order valence-corrected chi connectivity index (χ1v) is 9.96. The summed E-state index contributed by atoms with van der Waals surface area (Å²) in [6.07, 6.45) is 8.79. The molecule has 2 aliphatic rings. The van der Waals surface area contributed by atoms with Gasteiger partial charge >= 0.3 is 0 Å². The Balaban J connectivity index is 1.54. The summed E-state index contributed by atoms with van der Waals surface area (Å²) in [6.45, 7) is 3.78. The normalized spacial score (nSPS) is 19.9. The summed E-state index contributed by atoms with van der Waals surface area (Å²) < 4.78 is 23.8. The first-order chi connectivity index (χ1) is 13.7. The Morgan fingerprint density at radius 2 is 1.82 bits per heavy atom. The summed E-state index contributed by atoms with van der Waals surface area (Å²) in [6, 6.07) is 14.5. The van der Waals surface area contributed by atoms with Crippen LogP contribution < -0.4 is 9.47 Å². The molecule has 2 aliphatic heterocycles. The molecule has 1 fully saturated rings. The predicted molar refractivity (Wildman–Crippen MR) is 107 cm³/mol. The van der Waals surface area contributed by atoms with E-state index in [1.807, 2.05) is 12.1 Å². The van der Waals surface area contributed by atoms with Crippen molar-refractivity contribution in [3.8, 4) is 23.8 Å². The molecular weight excluding hydrogens is 352 g/mol. The summed E-state index contributed by atoms with van der Waals surface area (Å²) in [5, 5.41) is 0. The fraction of sp³-hybridized carbons (Fsp3) is 0.417. The van der Waals surface area contributed by atoms with Gasteiger partial charge in [0.15, 0.2) is 11.5 Å². The summed E-state index contributed by atoms with van der Waals surface area (Å²) in [5.74, 6) is 4.09. The van der Waals surface area contributed by atoms with Gasteiger partial charge in [0, 0.05) is 31.6 Å². The van der Waals surface area contributed by atoms with E-state index in [9.17, 15) is 0 Å². The Morgan fingerprint density at radius 3 is 2.54 bits per heavy atom. The molecule has 2 aromatic carbocycles. The highest BCUT2D eigenvalue weighted by molar-refractivity contribution is 5.47. The molecule has 2 heterocycles. The van der Waals surface area contributed by atoms with Gasteiger partial charge in [-0.05, 0) is 29.7 Å². The quantitative estimate of drug-likeness (QED) is 0.679. The molecule has 4 rings (SSSR count). The fourth-order valence-electron chi connectivity index (χ4n) is 3.90. The molecule has 0 aliphatic carbocycles. The van der Waals surface area contributed by atoms with Gasteiger partial charge in [0.05, 0.1) is 5.60 Å². The highest BCUT2D eigenvalue weighted by Crippen LogP contribution is 2.45. The van der Waals surface area contributed by atoms with Crippen molar-refractivity contribution in [1.29, 1.82) is 0 Å².